The van der Waals surface area contributed by atoms with Crippen LogP contribution in [0.1, 0.15) is 19.5 Å². The molecule has 1 atom stereocenters. The van der Waals surface area contributed by atoms with Gasteiger partial charge >= 0.3 is 5.97 Å². The van der Waals surface area contributed by atoms with Gasteiger partial charge in [0.1, 0.15) is 0 Å². The molecule has 0 radical (unpaired) electrons. The van der Waals surface area contributed by atoms with E-state index in [0.29, 0.717) is 22.5 Å². The van der Waals surface area contributed by atoms with Crippen molar-refractivity contribution in [3.63, 3.8) is 0 Å². The number of carbonyl (C=O) groups excluding carboxylic acids is 2. The minimum atomic E-state index is -0.331. The predicted octanol–water partition coefficient (Wildman–Crippen LogP) is 4.02. The lowest BCUT2D eigenvalue weighted by atomic mass is 10.3. The average molecular weight is 385 g/mol. The van der Waals surface area contributed by atoms with Crippen molar-refractivity contribution in [1.29, 1.82) is 0 Å². The Morgan fingerprint density at radius 3 is 2.88 bits per heavy atom. The molecule has 0 aliphatic rings. The van der Waals surface area contributed by atoms with Crippen molar-refractivity contribution in [3.8, 4) is 0 Å². The molecule has 24 heavy (non-hydrogen) atoms. The van der Waals surface area contributed by atoms with Gasteiger partial charge in [-0.05, 0) is 26.0 Å². The molecule has 0 saturated heterocycles. The van der Waals surface area contributed by atoms with Gasteiger partial charge in [-0.2, -0.15) is 0 Å². The number of anilines is 1. The van der Waals surface area contributed by atoms with E-state index >= 15 is 0 Å². The average Bonchev–Trinajstić information content (AvgIpc) is 2.96. The number of thiazole rings is 1. The van der Waals surface area contributed by atoms with Gasteiger partial charge in [0.25, 0.3) is 0 Å². The van der Waals surface area contributed by atoms with Crippen molar-refractivity contribution >= 4 is 51.7 Å². The lowest BCUT2D eigenvalue weighted by Gasteiger charge is -2.11. The van der Waals surface area contributed by atoms with Crippen molar-refractivity contribution in [2.75, 3.05) is 11.9 Å². The fourth-order valence-corrected chi connectivity index (χ4v) is 3.66. The highest BCUT2D eigenvalue weighted by molar-refractivity contribution is 8.00. The predicted molar refractivity (Wildman–Crippen MR) is 97.9 cm³/mol. The molecule has 0 spiro atoms. The smallest absolute Gasteiger partial charge is 0.311 e. The fourth-order valence-electron chi connectivity index (χ4n) is 1.80. The van der Waals surface area contributed by atoms with Crippen LogP contribution in [0.25, 0.3) is 0 Å². The number of nitrogens with zero attached hydrogens (tertiary/aromatic N) is 1. The molecule has 1 N–H and O–H groups in total. The number of esters is 1. The second-order valence-electron chi connectivity index (χ2n) is 4.81. The number of rotatable bonds is 7. The third kappa shape index (κ3) is 5.51. The van der Waals surface area contributed by atoms with Crippen molar-refractivity contribution in [1.82, 2.24) is 4.98 Å². The number of hydrogen-bond acceptors (Lipinski definition) is 6. The molecule has 1 aromatic carbocycles. The van der Waals surface area contributed by atoms with E-state index in [1.165, 1.54) is 23.1 Å². The van der Waals surface area contributed by atoms with Crippen LogP contribution in [-0.2, 0) is 20.7 Å². The number of carbonyl (C=O) groups is 2. The maximum atomic E-state index is 12.3. The van der Waals surface area contributed by atoms with Gasteiger partial charge in [0.15, 0.2) is 5.13 Å². The standard InChI is InChI=1S/C16H17ClN2O3S2/c1-3-22-14(20)8-11-9-23-16(18-11)19-15(21)10(2)24-13-7-5-4-6-12(13)17/h4-7,9-10H,3,8H2,1-2H3,(H,18,19,21). The van der Waals surface area contributed by atoms with E-state index in [4.69, 9.17) is 16.3 Å². The fraction of sp³-hybridized carbons (Fsp3) is 0.312. The first-order valence-electron chi connectivity index (χ1n) is 7.31. The quantitative estimate of drug-likeness (QED) is 0.576. The van der Waals surface area contributed by atoms with E-state index in [0.717, 1.165) is 4.90 Å². The van der Waals surface area contributed by atoms with Crippen LogP contribution in [0.3, 0.4) is 0 Å². The highest BCUT2D eigenvalue weighted by atomic mass is 35.5. The molecule has 1 heterocycles. The minimum absolute atomic E-state index is 0.101. The maximum absolute atomic E-state index is 12.3. The summed E-state index contributed by atoms with van der Waals surface area (Å²) in [5, 5.41) is 5.25. The van der Waals surface area contributed by atoms with Crippen LogP contribution in [-0.4, -0.2) is 28.7 Å². The van der Waals surface area contributed by atoms with Crippen LogP contribution in [0.5, 0.6) is 0 Å². The third-order valence-corrected chi connectivity index (χ3v) is 5.35. The summed E-state index contributed by atoms with van der Waals surface area (Å²) in [6, 6.07) is 7.38. The Kier molecular flexibility index (Phi) is 7.08. The zero-order valence-corrected chi connectivity index (χ0v) is 15.6. The molecule has 128 valence electrons. The summed E-state index contributed by atoms with van der Waals surface area (Å²) in [6.45, 7) is 3.89. The first-order valence-corrected chi connectivity index (χ1v) is 9.45. The van der Waals surface area contributed by atoms with Gasteiger partial charge in [0.05, 0.1) is 29.0 Å². The van der Waals surface area contributed by atoms with Crippen LogP contribution in [0.4, 0.5) is 5.13 Å². The number of amides is 1. The van der Waals surface area contributed by atoms with E-state index in [9.17, 15) is 9.59 Å². The molecular weight excluding hydrogens is 368 g/mol. The minimum Gasteiger partial charge on any atom is -0.466 e. The second-order valence-corrected chi connectivity index (χ2v) is 7.45. The van der Waals surface area contributed by atoms with Gasteiger partial charge in [0.2, 0.25) is 5.91 Å². The summed E-state index contributed by atoms with van der Waals surface area (Å²) in [5.74, 6) is -0.500. The maximum Gasteiger partial charge on any atom is 0.311 e. The topological polar surface area (TPSA) is 68.3 Å². The van der Waals surface area contributed by atoms with E-state index in [1.54, 1.807) is 25.3 Å². The monoisotopic (exact) mass is 384 g/mol. The lowest BCUT2D eigenvalue weighted by Crippen LogP contribution is -2.22. The summed E-state index contributed by atoms with van der Waals surface area (Å²) in [6.07, 6.45) is 0.101. The highest BCUT2D eigenvalue weighted by Gasteiger charge is 2.17. The number of nitrogens with one attached hydrogen (secondary N) is 1. The first kappa shape index (κ1) is 18.8. The molecule has 0 aliphatic carbocycles. The molecule has 2 rings (SSSR count). The zero-order valence-electron chi connectivity index (χ0n) is 13.2. The molecule has 1 aromatic heterocycles. The van der Waals surface area contributed by atoms with Gasteiger partial charge in [-0.25, -0.2) is 4.98 Å². The molecule has 0 aliphatic heterocycles. The van der Waals surface area contributed by atoms with Crippen molar-refractivity contribution in [2.45, 2.75) is 30.4 Å². The Bertz CT molecular complexity index is 721. The normalized spacial score (nSPS) is 11.8. The lowest BCUT2D eigenvalue weighted by molar-refractivity contribution is -0.142. The SMILES string of the molecule is CCOC(=O)Cc1csc(NC(=O)C(C)Sc2ccccc2Cl)n1. The summed E-state index contributed by atoms with van der Waals surface area (Å²) < 4.78 is 4.87. The molecule has 1 amide bonds. The molecule has 0 fully saturated rings. The second kappa shape index (κ2) is 9.05. The van der Waals surface area contributed by atoms with Crippen LogP contribution in [0.2, 0.25) is 5.02 Å². The first-order chi connectivity index (χ1) is 11.5. The van der Waals surface area contributed by atoms with E-state index in [1.807, 2.05) is 18.2 Å². The van der Waals surface area contributed by atoms with Gasteiger partial charge in [0, 0.05) is 10.3 Å². The molecule has 1 unspecified atom stereocenters. The number of halogens is 1. The molecule has 8 heteroatoms. The van der Waals surface area contributed by atoms with Crippen LogP contribution in [0.15, 0.2) is 34.5 Å². The summed E-state index contributed by atoms with van der Waals surface area (Å²) in [4.78, 5) is 28.8. The summed E-state index contributed by atoms with van der Waals surface area (Å²) in [7, 11) is 0. The Balaban J connectivity index is 1.91. The van der Waals surface area contributed by atoms with Crippen LogP contribution >= 0.6 is 34.7 Å². The van der Waals surface area contributed by atoms with Crippen molar-refractivity contribution in [2.24, 2.45) is 0 Å². The number of thioether (sulfide) groups is 1. The molecule has 2 aromatic rings. The summed E-state index contributed by atoms with van der Waals surface area (Å²) >= 11 is 8.76. The number of aromatic nitrogens is 1. The van der Waals surface area contributed by atoms with E-state index < -0.39 is 0 Å². The van der Waals surface area contributed by atoms with Crippen molar-refractivity contribution < 1.29 is 14.3 Å². The van der Waals surface area contributed by atoms with Gasteiger partial charge in [-0.1, -0.05) is 23.7 Å². The number of benzene rings is 1. The van der Waals surface area contributed by atoms with E-state index in [-0.39, 0.29) is 23.5 Å². The van der Waals surface area contributed by atoms with Crippen LogP contribution in [0, 0.1) is 0 Å². The molecular formula is C16H17ClN2O3S2. The van der Waals surface area contributed by atoms with Gasteiger partial charge in [-0.15, -0.1) is 23.1 Å². The molecule has 0 bridgehead atoms. The Morgan fingerprint density at radius 2 is 2.17 bits per heavy atom. The Morgan fingerprint density at radius 1 is 1.42 bits per heavy atom. The molecule has 5 nitrogen and oxygen atoms in total. The summed E-state index contributed by atoms with van der Waals surface area (Å²) in [5.41, 5.74) is 0.583. The highest BCUT2D eigenvalue weighted by Crippen LogP contribution is 2.30. The largest absolute Gasteiger partial charge is 0.466 e. The number of hydrogen-bond donors (Lipinski definition) is 1. The Labute approximate surface area is 153 Å². The Hall–Kier alpha value is -1.57. The van der Waals surface area contributed by atoms with Gasteiger partial charge in [-0.3, -0.25) is 9.59 Å². The number of ether oxygens (including phenoxy) is 1. The molecule has 0 saturated carbocycles. The van der Waals surface area contributed by atoms with Gasteiger partial charge < -0.3 is 10.1 Å². The van der Waals surface area contributed by atoms with E-state index in [2.05, 4.69) is 10.3 Å². The van der Waals surface area contributed by atoms with Crippen molar-refractivity contribution in [3.05, 3.63) is 40.4 Å². The third-order valence-electron chi connectivity index (χ3n) is 2.92. The zero-order chi connectivity index (χ0) is 17.5. The van der Waals surface area contributed by atoms with Crippen LogP contribution < -0.4 is 5.32 Å².